The summed E-state index contributed by atoms with van der Waals surface area (Å²) in [6, 6.07) is 7.17. The number of aromatic amines is 1. The molecular formula is C24H32N6OS. The number of rotatable bonds is 3. The zero-order valence-electron chi connectivity index (χ0n) is 18.9. The van der Waals surface area contributed by atoms with Crippen LogP contribution in [-0.4, -0.2) is 57.5 Å². The van der Waals surface area contributed by atoms with Gasteiger partial charge in [-0.2, -0.15) is 0 Å². The van der Waals surface area contributed by atoms with Crippen LogP contribution in [0.5, 0.6) is 0 Å². The summed E-state index contributed by atoms with van der Waals surface area (Å²) in [5.74, 6) is 2.98. The van der Waals surface area contributed by atoms with Crippen molar-refractivity contribution >= 4 is 28.6 Å². The molecule has 0 amide bonds. The maximum absolute atomic E-state index is 5.64. The zero-order valence-corrected chi connectivity index (χ0v) is 19.7. The van der Waals surface area contributed by atoms with Crippen LogP contribution in [0.3, 0.4) is 0 Å². The fraction of sp³-hybridized carbons (Fsp3) is 0.542. The molecule has 2 aliphatic heterocycles. The molecule has 3 fully saturated rings. The zero-order chi connectivity index (χ0) is 22.1. The Bertz CT molecular complexity index is 1080. The molecule has 1 saturated carbocycles. The van der Waals surface area contributed by atoms with Gasteiger partial charge in [0.05, 0.1) is 29.7 Å². The molecule has 0 aromatic carbocycles. The van der Waals surface area contributed by atoms with Crippen molar-refractivity contribution in [1.82, 2.24) is 19.9 Å². The van der Waals surface area contributed by atoms with Crippen molar-refractivity contribution in [3.05, 3.63) is 36.3 Å². The SMILES string of the molecule is CC1COCCN1c1cc(C2(C)CCCS2)nc(-c2ccnc3[nH]ccc23)n1.NC1CC1. The second-order valence-electron chi connectivity index (χ2n) is 9.17. The number of nitrogens with one attached hydrogen (secondary N) is 1. The summed E-state index contributed by atoms with van der Waals surface area (Å²) in [5, 5.41) is 1.06. The first-order valence-electron chi connectivity index (χ1n) is 11.6. The number of nitrogens with zero attached hydrogens (tertiary/aromatic N) is 4. The number of hydrogen-bond donors (Lipinski definition) is 2. The summed E-state index contributed by atoms with van der Waals surface area (Å²) in [6.45, 7) is 6.85. The topological polar surface area (TPSA) is 93.0 Å². The van der Waals surface area contributed by atoms with Crippen LogP contribution in [-0.2, 0) is 9.48 Å². The molecular weight excluding hydrogens is 420 g/mol. The van der Waals surface area contributed by atoms with Crippen molar-refractivity contribution < 1.29 is 4.74 Å². The third-order valence-corrected chi connectivity index (χ3v) is 8.00. The maximum Gasteiger partial charge on any atom is 0.162 e. The molecule has 170 valence electrons. The minimum atomic E-state index is 0.0479. The van der Waals surface area contributed by atoms with Gasteiger partial charge in [-0.15, -0.1) is 11.8 Å². The molecule has 0 spiro atoms. The highest BCUT2D eigenvalue weighted by Gasteiger charge is 2.35. The van der Waals surface area contributed by atoms with Gasteiger partial charge in [0.2, 0.25) is 0 Å². The largest absolute Gasteiger partial charge is 0.377 e. The van der Waals surface area contributed by atoms with Crippen LogP contribution in [0.1, 0.15) is 45.2 Å². The summed E-state index contributed by atoms with van der Waals surface area (Å²) in [6.07, 6.45) is 8.67. The van der Waals surface area contributed by atoms with E-state index in [1.165, 1.54) is 25.0 Å². The number of ether oxygens (including phenoxy) is 1. The first-order valence-corrected chi connectivity index (χ1v) is 12.6. The Balaban J connectivity index is 0.000000489. The molecule has 6 rings (SSSR count). The maximum atomic E-state index is 5.64. The number of anilines is 1. The molecule has 0 bridgehead atoms. The third kappa shape index (κ3) is 4.49. The molecule has 32 heavy (non-hydrogen) atoms. The van der Waals surface area contributed by atoms with Crippen molar-refractivity contribution in [3.8, 4) is 11.4 Å². The summed E-state index contributed by atoms with van der Waals surface area (Å²) >= 11 is 2.01. The lowest BCUT2D eigenvalue weighted by Crippen LogP contribution is -2.44. The van der Waals surface area contributed by atoms with Gasteiger partial charge in [0.1, 0.15) is 11.5 Å². The molecule has 5 heterocycles. The van der Waals surface area contributed by atoms with Gasteiger partial charge in [0.15, 0.2) is 5.82 Å². The number of fused-ring (bicyclic) bond motifs is 1. The highest BCUT2D eigenvalue weighted by atomic mass is 32.2. The first kappa shape index (κ1) is 21.7. The van der Waals surface area contributed by atoms with Crippen LogP contribution in [0.4, 0.5) is 5.82 Å². The molecule has 2 unspecified atom stereocenters. The molecule has 0 radical (unpaired) electrons. The fourth-order valence-electron chi connectivity index (χ4n) is 4.27. The van der Waals surface area contributed by atoms with Crippen LogP contribution in [0, 0.1) is 0 Å². The Hall–Kier alpha value is -2.16. The van der Waals surface area contributed by atoms with Crippen molar-refractivity contribution in [2.75, 3.05) is 30.4 Å². The minimum absolute atomic E-state index is 0.0479. The van der Waals surface area contributed by atoms with E-state index in [0.29, 0.717) is 12.1 Å². The minimum Gasteiger partial charge on any atom is -0.377 e. The summed E-state index contributed by atoms with van der Waals surface area (Å²) in [4.78, 5) is 20.1. The predicted molar refractivity (Wildman–Crippen MR) is 131 cm³/mol. The molecule has 8 heteroatoms. The van der Waals surface area contributed by atoms with Crippen molar-refractivity contribution in [2.24, 2.45) is 5.73 Å². The molecule has 3 aliphatic rings. The standard InChI is InChI=1S/C21H25N5OS.C3H7N/c1-14-13-27-10-9-26(14)18-12-17(21(2)6-3-11-28-21)24-20(25-18)16-5-8-23-19-15(16)4-7-22-19;4-3-1-2-3/h4-5,7-8,12,14H,3,6,9-11,13H2,1-2H3,(H,22,23);3H,1-2,4H2. The molecule has 2 saturated heterocycles. The molecule has 3 N–H and O–H groups in total. The summed E-state index contributed by atoms with van der Waals surface area (Å²) in [7, 11) is 0. The van der Waals surface area contributed by atoms with E-state index in [4.69, 9.17) is 20.4 Å². The Morgan fingerprint density at radius 2 is 2.12 bits per heavy atom. The third-order valence-electron chi connectivity index (χ3n) is 6.46. The van der Waals surface area contributed by atoms with E-state index in [1.54, 1.807) is 0 Å². The Kier molecular flexibility index (Phi) is 6.09. The van der Waals surface area contributed by atoms with Crippen molar-refractivity contribution in [2.45, 2.75) is 56.4 Å². The smallest absolute Gasteiger partial charge is 0.162 e. The number of thioether (sulfide) groups is 1. The van der Waals surface area contributed by atoms with E-state index in [2.05, 4.69) is 40.8 Å². The molecule has 7 nitrogen and oxygen atoms in total. The van der Waals surface area contributed by atoms with Gasteiger partial charge in [0, 0.05) is 42.0 Å². The van der Waals surface area contributed by atoms with Gasteiger partial charge in [-0.1, -0.05) is 0 Å². The average molecular weight is 453 g/mol. The van der Waals surface area contributed by atoms with Gasteiger partial charge < -0.3 is 20.4 Å². The van der Waals surface area contributed by atoms with Crippen LogP contribution >= 0.6 is 11.8 Å². The number of morpholine rings is 1. The van der Waals surface area contributed by atoms with E-state index in [-0.39, 0.29) is 4.75 Å². The van der Waals surface area contributed by atoms with Crippen LogP contribution in [0.15, 0.2) is 30.6 Å². The van der Waals surface area contributed by atoms with E-state index in [1.807, 2.05) is 30.2 Å². The monoisotopic (exact) mass is 452 g/mol. The molecule has 3 aromatic rings. The van der Waals surface area contributed by atoms with Gasteiger partial charge in [0.25, 0.3) is 0 Å². The molecule has 1 aliphatic carbocycles. The fourth-order valence-corrected chi connectivity index (χ4v) is 5.55. The summed E-state index contributed by atoms with van der Waals surface area (Å²) < 4.78 is 5.69. The number of pyridine rings is 1. The number of H-pyrrole nitrogens is 1. The van der Waals surface area contributed by atoms with E-state index >= 15 is 0 Å². The number of hydrogen-bond acceptors (Lipinski definition) is 7. The quantitative estimate of drug-likeness (QED) is 0.618. The number of nitrogens with two attached hydrogens (primary N) is 1. The molecule has 2 atom stereocenters. The summed E-state index contributed by atoms with van der Waals surface area (Å²) in [5.41, 5.74) is 8.25. The highest BCUT2D eigenvalue weighted by molar-refractivity contribution is 8.00. The lowest BCUT2D eigenvalue weighted by molar-refractivity contribution is 0.0985. The van der Waals surface area contributed by atoms with E-state index < -0.39 is 0 Å². The van der Waals surface area contributed by atoms with Gasteiger partial charge in [-0.05, 0) is 57.4 Å². The second-order valence-corrected chi connectivity index (χ2v) is 10.8. The van der Waals surface area contributed by atoms with Crippen molar-refractivity contribution in [1.29, 1.82) is 0 Å². The normalized spacial score (nSPS) is 25.6. The first-order chi connectivity index (χ1) is 15.5. The Labute approximate surface area is 193 Å². The van der Waals surface area contributed by atoms with Crippen molar-refractivity contribution in [3.63, 3.8) is 0 Å². The lowest BCUT2D eigenvalue weighted by Gasteiger charge is -2.35. The molecule has 3 aromatic heterocycles. The van der Waals surface area contributed by atoms with E-state index in [0.717, 1.165) is 60.1 Å². The van der Waals surface area contributed by atoms with Gasteiger partial charge in [-0.25, -0.2) is 15.0 Å². The highest BCUT2D eigenvalue weighted by Crippen LogP contribution is 2.46. The van der Waals surface area contributed by atoms with Gasteiger partial charge >= 0.3 is 0 Å². The van der Waals surface area contributed by atoms with Crippen LogP contribution in [0.25, 0.3) is 22.4 Å². The predicted octanol–water partition coefficient (Wildman–Crippen LogP) is 4.09. The number of aromatic nitrogens is 4. The van der Waals surface area contributed by atoms with E-state index in [9.17, 15) is 0 Å². The lowest BCUT2D eigenvalue weighted by atomic mass is 10.0. The van der Waals surface area contributed by atoms with Crippen LogP contribution in [0.2, 0.25) is 0 Å². The van der Waals surface area contributed by atoms with Gasteiger partial charge in [-0.3, -0.25) is 0 Å². The van der Waals surface area contributed by atoms with Crippen LogP contribution < -0.4 is 10.6 Å². The Morgan fingerprint density at radius 1 is 1.28 bits per heavy atom. The average Bonchev–Trinajstić information content (AvgIpc) is 3.25. The second kappa shape index (κ2) is 9.00. The Morgan fingerprint density at radius 3 is 2.84 bits per heavy atom.